The van der Waals surface area contributed by atoms with Gasteiger partial charge in [-0.05, 0) is 12.1 Å². The average Bonchev–Trinajstić information content (AvgIpc) is 2.45. The lowest BCUT2D eigenvalue weighted by Crippen LogP contribution is -2.37. The highest BCUT2D eigenvalue weighted by atomic mass is 16.4. The van der Waals surface area contributed by atoms with Crippen LogP contribution in [0.25, 0.3) is 0 Å². The predicted octanol–water partition coefficient (Wildman–Crippen LogP) is 0.0573. The van der Waals surface area contributed by atoms with E-state index in [1.54, 1.807) is 14.1 Å². The van der Waals surface area contributed by atoms with Crippen molar-refractivity contribution >= 4 is 17.9 Å². The van der Waals surface area contributed by atoms with Crippen LogP contribution in [-0.4, -0.2) is 53.5 Å². The topological polar surface area (TPSA) is 112 Å². The number of hydrogen-bond acceptors (Lipinski definition) is 4. The quantitative estimate of drug-likeness (QED) is 0.686. The van der Waals surface area contributed by atoms with Crippen LogP contribution < -0.4 is 10.6 Å². The molecule has 0 spiro atoms. The lowest BCUT2D eigenvalue weighted by Gasteiger charge is -2.11. The fraction of sp³-hybridized carbons (Fsp3) is 0.385. The van der Waals surface area contributed by atoms with Crippen LogP contribution in [0.3, 0.4) is 0 Å². The van der Waals surface area contributed by atoms with Gasteiger partial charge in [0.2, 0.25) is 5.91 Å². The Hall–Kier alpha value is -2.64. The summed E-state index contributed by atoms with van der Waals surface area (Å²) in [5, 5.41) is 13.9. The van der Waals surface area contributed by atoms with Crippen molar-refractivity contribution in [1.29, 1.82) is 0 Å². The van der Waals surface area contributed by atoms with Crippen molar-refractivity contribution in [3.05, 3.63) is 29.6 Å². The molecule has 0 atom stereocenters. The first-order chi connectivity index (χ1) is 9.90. The van der Waals surface area contributed by atoms with E-state index in [0.717, 1.165) is 0 Å². The van der Waals surface area contributed by atoms with Gasteiger partial charge in [-0.1, -0.05) is 0 Å². The zero-order valence-electron chi connectivity index (χ0n) is 11.9. The van der Waals surface area contributed by atoms with Crippen LogP contribution in [-0.2, 0) is 11.3 Å². The van der Waals surface area contributed by atoms with Gasteiger partial charge < -0.3 is 20.6 Å². The number of nitrogens with one attached hydrogen (secondary N) is 2. The zero-order valence-corrected chi connectivity index (χ0v) is 11.9. The summed E-state index contributed by atoms with van der Waals surface area (Å²) in [6, 6.07) is 2.32. The summed E-state index contributed by atoms with van der Waals surface area (Å²) >= 11 is 0. The molecule has 0 radical (unpaired) electrons. The third-order valence-corrected chi connectivity index (χ3v) is 2.62. The monoisotopic (exact) mass is 294 g/mol. The Morgan fingerprint density at radius 1 is 1.29 bits per heavy atom. The molecule has 8 nitrogen and oxygen atoms in total. The number of carbonyl (C=O) groups is 3. The molecule has 3 amide bonds. The second-order valence-electron chi connectivity index (χ2n) is 4.49. The maximum atomic E-state index is 11.5. The van der Waals surface area contributed by atoms with E-state index >= 15 is 0 Å². The average molecular weight is 294 g/mol. The van der Waals surface area contributed by atoms with Crippen LogP contribution in [0.2, 0.25) is 0 Å². The van der Waals surface area contributed by atoms with Crippen LogP contribution in [0, 0.1) is 0 Å². The number of amides is 3. The number of aromatic carboxylic acids is 1. The van der Waals surface area contributed by atoms with Gasteiger partial charge in [0.1, 0.15) is 0 Å². The molecule has 21 heavy (non-hydrogen) atoms. The lowest BCUT2D eigenvalue weighted by molar-refractivity contribution is -0.128. The summed E-state index contributed by atoms with van der Waals surface area (Å²) in [4.78, 5) is 39.0. The van der Waals surface area contributed by atoms with Crippen LogP contribution in [0.5, 0.6) is 0 Å². The standard InChI is InChI=1S/C13H18N4O4/c1-17(2)11(18)4-6-15-13(21)16-8-10-7-9(12(19)20)3-5-14-10/h3,5,7H,4,6,8H2,1-2H3,(H,19,20)(H2,15,16,21). The molecule has 0 aliphatic rings. The number of aromatic nitrogens is 1. The van der Waals surface area contributed by atoms with Crippen molar-refractivity contribution in [2.24, 2.45) is 0 Å². The van der Waals surface area contributed by atoms with Gasteiger partial charge in [0.05, 0.1) is 17.8 Å². The molecule has 8 heteroatoms. The number of carboxylic acids is 1. The molecule has 0 saturated heterocycles. The largest absolute Gasteiger partial charge is 0.478 e. The van der Waals surface area contributed by atoms with E-state index < -0.39 is 12.0 Å². The number of hydrogen-bond donors (Lipinski definition) is 3. The van der Waals surface area contributed by atoms with Gasteiger partial charge in [-0.15, -0.1) is 0 Å². The molecule has 0 aliphatic carbocycles. The Morgan fingerprint density at radius 3 is 2.62 bits per heavy atom. The van der Waals surface area contributed by atoms with Gasteiger partial charge >= 0.3 is 12.0 Å². The van der Waals surface area contributed by atoms with E-state index in [1.807, 2.05) is 0 Å². The van der Waals surface area contributed by atoms with Crippen molar-refractivity contribution in [2.45, 2.75) is 13.0 Å². The summed E-state index contributed by atoms with van der Waals surface area (Å²) in [7, 11) is 3.28. The summed E-state index contributed by atoms with van der Waals surface area (Å²) in [5.74, 6) is -1.13. The predicted molar refractivity (Wildman–Crippen MR) is 74.7 cm³/mol. The molecule has 1 aromatic heterocycles. The summed E-state index contributed by atoms with van der Waals surface area (Å²) in [6.07, 6.45) is 1.58. The number of nitrogens with zero attached hydrogens (tertiary/aromatic N) is 2. The normalized spacial score (nSPS) is 9.81. The highest BCUT2D eigenvalue weighted by Crippen LogP contribution is 2.01. The minimum atomic E-state index is -1.05. The van der Waals surface area contributed by atoms with Crippen molar-refractivity contribution < 1.29 is 19.5 Å². The summed E-state index contributed by atoms with van der Waals surface area (Å²) in [5.41, 5.74) is 0.549. The summed E-state index contributed by atoms with van der Waals surface area (Å²) in [6.45, 7) is 0.333. The molecule has 3 N–H and O–H groups in total. The number of urea groups is 1. The Balaban J connectivity index is 2.35. The maximum absolute atomic E-state index is 11.5. The van der Waals surface area contributed by atoms with Gasteiger partial charge in [-0.2, -0.15) is 0 Å². The van der Waals surface area contributed by atoms with E-state index in [0.29, 0.717) is 5.69 Å². The first kappa shape index (κ1) is 16.4. The molecule has 1 rings (SSSR count). The molecule has 0 aromatic carbocycles. The molecule has 1 heterocycles. The molecule has 0 bridgehead atoms. The second-order valence-corrected chi connectivity index (χ2v) is 4.49. The van der Waals surface area contributed by atoms with E-state index in [1.165, 1.54) is 23.2 Å². The smallest absolute Gasteiger partial charge is 0.335 e. The highest BCUT2D eigenvalue weighted by Gasteiger charge is 2.07. The SMILES string of the molecule is CN(C)C(=O)CCNC(=O)NCc1cc(C(=O)O)ccn1. The minimum absolute atomic E-state index is 0.0777. The van der Waals surface area contributed by atoms with E-state index in [4.69, 9.17) is 5.11 Å². The molecular weight excluding hydrogens is 276 g/mol. The zero-order chi connectivity index (χ0) is 15.8. The number of pyridine rings is 1. The Labute approximate surface area is 122 Å². The van der Waals surface area contributed by atoms with Crippen LogP contribution >= 0.6 is 0 Å². The lowest BCUT2D eigenvalue weighted by atomic mass is 10.2. The van der Waals surface area contributed by atoms with Crippen molar-refractivity contribution in [2.75, 3.05) is 20.6 Å². The third kappa shape index (κ3) is 5.89. The fourth-order valence-electron chi connectivity index (χ4n) is 1.45. The van der Waals surface area contributed by atoms with Crippen molar-refractivity contribution in [3.63, 3.8) is 0 Å². The molecule has 0 fully saturated rings. The molecule has 1 aromatic rings. The second kappa shape index (κ2) is 7.83. The first-order valence-corrected chi connectivity index (χ1v) is 6.30. The van der Waals surface area contributed by atoms with Crippen molar-refractivity contribution in [1.82, 2.24) is 20.5 Å². The summed E-state index contributed by atoms with van der Waals surface area (Å²) < 4.78 is 0. The fourth-order valence-corrected chi connectivity index (χ4v) is 1.45. The molecule has 0 unspecified atom stereocenters. The molecule has 0 saturated carbocycles. The van der Waals surface area contributed by atoms with E-state index in [9.17, 15) is 14.4 Å². The third-order valence-electron chi connectivity index (χ3n) is 2.62. The number of carboxylic acid groups (broad SMARTS) is 1. The van der Waals surface area contributed by atoms with Gasteiger partial charge in [0.25, 0.3) is 0 Å². The van der Waals surface area contributed by atoms with E-state index in [2.05, 4.69) is 15.6 Å². The first-order valence-electron chi connectivity index (χ1n) is 6.30. The number of rotatable bonds is 6. The number of carbonyl (C=O) groups excluding carboxylic acids is 2. The van der Waals surface area contributed by atoms with Gasteiger partial charge in [-0.25, -0.2) is 9.59 Å². The van der Waals surface area contributed by atoms with Crippen LogP contribution in [0.15, 0.2) is 18.3 Å². The Bertz CT molecular complexity index is 531. The van der Waals surface area contributed by atoms with Gasteiger partial charge in [0, 0.05) is 33.3 Å². The highest BCUT2D eigenvalue weighted by molar-refractivity contribution is 5.87. The van der Waals surface area contributed by atoms with Crippen LogP contribution in [0.4, 0.5) is 4.79 Å². The Kier molecular flexibility index (Phi) is 6.12. The molecular formula is C13H18N4O4. The minimum Gasteiger partial charge on any atom is -0.478 e. The maximum Gasteiger partial charge on any atom is 0.335 e. The van der Waals surface area contributed by atoms with Crippen molar-refractivity contribution in [3.8, 4) is 0 Å². The van der Waals surface area contributed by atoms with Crippen LogP contribution in [0.1, 0.15) is 22.5 Å². The van der Waals surface area contributed by atoms with Gasteiger partial charge in [0.15, 0.2) is 0 Å². The molecule has 114 valence electrons. The van der Waals surface area contributed by atoms with E-state index in [-0.39, 0.29) is 31.0 Å². The van der Waals surface area contributed by atoms with Gasteiger partial charge in [-0.3, -0.25) is 9.78 Å². The molecule has 0 aliphatic heterocycles. The Morgan fingerprint density at radius 2 is 2.00 bits per heavy atom.